The van der Waals surface area contributed by atoms with E-state index in [0.29, 0.717) is 11.8 Å². The molecule has 4 atom stereocenters. The first-order valence-electron chi connectivity index (χ1n) is 11.0. The molecule has 1 saturated heterocycles. The molecule has 3 aromatic rings. The number of H-pyrrole nitrogens is 1. The smallest absolute Gasteiger partial charge is 0.279 e. The Balaban J connectivity index is 1.45. The maximum atomic E-state index is 14.9. The Morgan fingerprint density at radius 2 is 1.81 bits per heavy atom. The van der Waals surface area contributed by atoms with Gasteiger partial charge in [0, 0.05) is 12.1 Å². The van der Waals surface area contributed by atoms with Crippen molar-refractivity contribution in [2.75, 3.05) is 6.61 Å². The van der Waals surface area contributed by atoms with Crippen molar-refractivity contribution in [1.29, 1.82) is 0 Å². The van der Waals surface area contributed by atoms with E-state index >= 15 is 0 Å². The number of para-hydroxylation sites is 1. The van der Waals surface area contributed by atoms with Crippen molar-refractivity contribution in [3.63, 3.8) is 0 Å². The summed E-state index contributed by atoms with van der Waals surface area (Å²) < 4.78 is 22.7. The van der Waals surface area contributed by atoms with E-state index in [1.165, 1.54) is 0 Å². The highest BCUT2D eigenvalue weighted by Crippen LogP contribution is 2.46. The first kappa shape index (κ1) is 22.0. The van der Waals surface area contributed by atoms with Gasteiger partial charge in [-0.15, -0.1) is 0 Å². The first-order valence-corrected chi connectivity index (χ1v) is 14.0. The summed E-state index contributed by atoms with van der Waals surface area (Å²) in [7, 11) is -2.87. The molecular weight excluding hydrogens is 411 g/mol. The van der Waals surface area contributed by atoms with E-state index in [4.69, 9.17) is 4.74 Å². The molecule has 0 bridgehead atoms. The fourth-order valence-electron chi connectivity index (χ4n) is 5.14. The highest BCUT2D eigenvalue weighted by Gasteiger charge is 2.50. The number of benzene rings is 2. The molecule has 0 aliphatic carbocycles. The summed E-state index contributed by atoms with van der Waals surface area (Å²) in [5, 5.41) is 13.2. The molecule has 1 aliphatic rings. The Hall–Kier alpha value is -2.22. The topological polar surface area (TPSA) is 67.2 Å². The van der Waals surface area contributed by atoms with Gasteiger partial charge in [-0.3, -0.25) is 9.89 Å². The third-order valence-corrected chi connectivity index (χ3v) is 9.10. The van der Waals surface area contributed by atoms with E-state index in [9.17, 15) is 14.0 Å². The lowest BCUT2D eigenvalue weighted by atomic mass is 9.95. The predicted molar refractivity (Wildman–Crippen MR) is 124 cm³/mol. The van der Waals surface area contributed by atoms with Crippen LogP contribution in [-0.2, 0) is 11.2 Å². The summed E-state index contributed by atoms with van der Waals surface area (Å²) in [6, 6.07) is 15.4. The van der Waals surface area contributed by atoms with Crippen LogP contribution in [-0.4, -0.2) is 42.1 Å². The van der Waals surface area contributed by atoms with Gasteiger partial charge in [0.05, 0.1) is 28.8 Å². The average Bonchev–Trinajstić information content (AvgIpc) is 3.24. The largest absolute Gasteiger partial charge is 0.396 e. The van der Waals surface area contributed by atoms with Crippen molar-refractivity contribution in [2.45, 2.75) is 57.0 Å². The van der Waals surface area contributed by atoms with E-state index < -0.39 is 8.41 Å². The minimum Gasteiger partial charge on any atom is -0.396 e. The lowest BCUT2D eigenvalue weighted by Gasteiger charge is -2.28. The maximum Gasteiger partial charge on any atom is 0.279 e. The highest BCUT2D eigenvalue weighted by molar-refractivity contribution is 6.72. The Kier molecular flexibility index (Phi) is 6.19. The molecule has 0 radical (unpaired) electrons. The van der Waals surface area contributed by atoms with Gasteiger partial charge in [0.25, 0.3) is 5.56 Å². The average molecular weight is 443 g/mol. The Morgan fingerprint density at radius 3 is 2.45 bits per heavy atom. The van der Waals surface area contributed by atoms with Crippen LogP contribution in [0.15, 0.2) is 53.3 Å². The van der Waals surface area contributed by atoms with Gasteiger partial charge < -0.3 is 14.0 Å². The number of aryl methyl sites for hydroxylation is 1. The highest BCUT2D eigenvalue weighted by atomic mass is 28.4. The van der Waals surface area contributed by atoms with Crippen molar-refractivity contribution >= 4 is 19.3 Å². The van der Waals surface area contributed by atoms with E-state index in [1.807, 2.05) is 48.5 Å². The number of halogens is 1. The zero-order valence-electron chi connectivity index (χ0n) is 18.3. The van der Waals surface area contributed by atoms with Gasteiger partial charge in [0.15, 0.2) is 0 Å². The Labute approximate surface area is 183 Å². The fourth-order valence-corrected chi connectivity index (χ4v) is 7.73. The molecule has 7 heteroatoms. The standard InChI is InChI=1S/C24H31FN2O3Si/c1-16-21(30-22(14-15-28)23(16)31(2,3)25)13-10-17-8-11-18(12-9-17)27-24(29)19-6-4-5-7-20(19)26-27/h4-9,11-12,16,21-23,26,28H,10,13-15H2,1-3H3/t16-,21+,22-,23+/m1/s1. The number of aliphatic hydroxyl groups excluding tert-OH is 1. The molecule has 1 aliphatic heterocycles. The van der Waals surface area contributed by atoms with Crippen molar-refractivity contribution in [2.24, 2.45) is 5.92 Å². The van der Waals surface area contributed by atoms with Crippen molar-refractivity contribution < 1.29 is 14.0 Å². The number of nitrogens with one attached hydrogen (secondary N) is 1. The normalized spacial score (nSPS) is 24.2. The number of hydrogen-bond donors (Lipinski definition) is 2. The SMILES string of the molecule is C[C@H]1[C@H]([Si](C)(C)F)[C@@H](CCO)O[C@H]1CCc1ccc(-n2[nH]c3ccccc3c2=O)cc1. The summed E-state index contributed by atoms with van der Waals surface area (Å²) in [4.78, 5) is 12.6. The molecule has 0 spiro atoms. The van der Waals surface area contributed by atoms with Crippen molar-refractivity contribution in [3.05, 3.63) is 64.4 Å². The molecule has 1 aromatic heterocycles. The number of aliphatic hydroxyl groups is 1. The summed E-state index contributed by atoms with van der Waals surface area (Å²) in [6.45, 7) is 5.61. The van der Waals surface area contributed by atoms with E-state index in [-0.39, 0.29) is 35.8 Å². The molecule has 5 nitrogen and oxygen atoms in total. The Bertz CT molecular complexity index is 1090. The van der Waals surface area contributed by atoms with Crippen LogP contribution >= 0.6 is 0 Å². The van der Waals surface area contributed by atoms with Crippen LogP contribution in [0, 0.1) is 5.92 Å². The van der Waals surface area contributed by atoms with E-state index in [1.54, 1.807) is 17.8 Å². The van der Waals surface area contributed by atoms with Crippen LogP contribution in [0.5, 0.6) is 0 Å². The first-order chi connectivity index (χ1) is 14.8. The van der Waals surface area contributed by atoms with Crippen LogP contribution in [0.25, 0.3) is 16.6 Å². The Morgan fingerprint density at radius 1 is 1.10 bits per heavy atom. The third-order valence-electron chi connectivity index (χ3n) is 6.61. The number of rotatable bonds is 7. The van der Waals surface area contributed by atoms with E-state index in [2.05, 4.69) is 12.0 Å². The third kappa shape index (κ3) is 4.40. The number of aromatic nitrogens is 2. The lowest BCUT2D eigenvalue weighted by molar-refractivity contribution is 0.0193. The van der Waals surface area contributed by atoms with Crippen LogP contribution in [0.2, 0.25) is 18.6 Å². The van der Waals surface area contributed by atoms with Gasteiger partial charge in [-0.1, -0.05) is 31.2 Å². The molecule has 1 fully saturated rings. The summed E-state index contributed by atoms with van der Waals surface area (Å²) in [6.07, 6.45) is 1.95. The number of fused-ring (bicyclic) bond motifs is 1. The van der Waals surface area contributed by atoms with Crippen LogP contribution in [0.1, 0.15) is 25.3 Å². The zero-order chi connectivity index (χ0) is 22.2. The van der Waals surface area contributed by atoms with Gasteiger partial charge >= 0.3 is 0 Å². The minimum absolute atomic E-state index is 0.0000715. The van der Waals surface area contributed by atoms with Crippen molar-refractivity contribution in [3.8, 4) is 5.69 Å². The van der Waals surface area contributed by atoms with Crippen LogP contribution < -0.4 is 5.56 Å². The molecule has 0 amide bonds. The number of ether oxygens (including phenoxy) is 1. The predicted octanol–water partition coefficient (Wildman–Crippen LogP) is 4.58. The molecule has 2 N–H and O–H groups in total. The van der Waals surface area contributed by atoms with Gasteiger partial charge in [-0.2, -0.15) is 0 Å². The summed E-state index contributed by atoms with van der Waals surface area (Å²) in [5.41, 5.74) is 2.62. The second kappa shape index (κ2) is 8.73. The molecule has 166 valence electrons. The second-order valence-electron chi connectivity index (χ2n) is 9.18. The van der Waals surface area contributed by atoms with E-state index in [0.717, 1.165) is 29.6 Å². The second-order valence-corrected chi connectivity index (χ2v) is 13.0. The molecular formula is C24H31FN2O3Si. The fraction of sp³-hybridized carbons (Fsp3) is 0.458. The summed E-state index contributed by atoms with van der Waals surface area (Å²) in [5.74, 6) is 0.146. The maximum absolute atomic E-state index is 14.9. The minimum atomic E-state index is -2.87. The van der Waals surface area contributed by atoms with Crippen molar-refractivity contribution in [1.82, 2.24) is 9.78 Å². The van der Waals surface area contributed by atoms with Crippen LogP contribution in [0.3, 0.4) is 0 Å². The quantitative estimate of drug-likeness (QED) is 0.416. The van der Waals surface area contributed by atoms with Gasteiger partial charge in [-0.05, 0) is 68.1 Å². The number of hydrogen-bond acceptors (Lipinski definition) is 3. The van der Waals surface area contributed by atoms with Gasteiger partial charge in [0.2, 0.25) is 8.41 Å². The molecule has 2 heterocycles. The molecule has 2 aromatic carbocycles. The molecule has 0 saturated carbocycles. The lowest BCUT2D eigenvalue weighted by Crippen LogP contribution is -2.36. The zero-order valence-corrected chi connectivity index (χ0v) is 19.3. The molecule has 31 heavy (non-hydrogen) atoms. The monoisotopic (exact) mass is 442 g/mol. The van der Waals surface area contributed by atoms with Gasteiger partial charge in [0.1, 0.15) is 0 Å². The number of aromatic amines is 1. The number of nitrogens with zero attached hydrogens (tertiary/aromatic N) is 1. The van der Waals surface area contributed by atoms with Crippen LogP contribution in [0.4, 0.5) is 4.11 Å². The van der Waals surface area contributed by atoms with Gasteiger partial charge in [-0.25, -0.2) is 4.68 Å². The molecule has 4 rings (SSSR count). The summed E-state index contributed by atoms with van der Waals surface area (Å²) >= 11 is 0. The molecule has 0 unspecified atom stereocenters.